The van der Waals surface area contributed by atoms with Crippen molar-refractivity contribution in [1.82, 2.24) is 0 Å². The summed E-state index contributed by atoms with van der Waals surface area (Å²) in [5.41, 5.74) is 3.82. The van der Waals surface area contributed by atoms with Crippen LogP contribution in [-0.4, -0.2) is 11.3 Å². The first-order valence-electron chi connectivity index (χ1n) is 5.86. The second-order valence-electron chi connectivity index (χ2n) is 4.20. The van der Waals surface area contributed by atoms with E-state index in [0.29, 0.717) is 5.57 Å². The van der Waals surface area contributed by atoms with E-state index in [1.165, 1.54) is 11.1 Å². The van der Waals surface area contributed by atoms with Crippen molar-refractivity contribution in [3.05, 3.63) is 65.5 Å². The van der Waals surface area contributed by atoms with Gasteiger partial charge in [-0.25, -0.2) is 0 Å². The molecule has 1 rings (SSSR count). The van der Waals surface area contributed by atoms with Gasteiger partial charge in [0.2, 0.25) is 0 Å². The molecule has 0 heterocycles. The molecule has 1 aromatic rings. The highest BCUT2D eigenvalue weighted by Gasteiger charge is 1.97. The van der Waals surface area contributed by atoms with Crippen molar-refractivity contribution in [2.45, 2.75) is 20.8 Å². The standard InChI is InChI=1S/C16H19NO/c1-5-6-7-15(14(4)18)11-17-16-9-12(2)8-13(3)10-16/h5-11,18H,4H2,1-3H3/b6-5+,15-7-,17-11?. The number of aliphatic imine (C=N–C) groups is 1. The highest BCUT2D eigenvalue weighted by molar-refractivity contribution is 5.85. The summed E-state index contributed by atoms with van der Waals surface area (Å²) in [5.74, 6) is 0.0150. The van der Waals surface area contributed by atoms with Gasteiger partial charge in [-0.3, -0.25) is 4.99 Å². The molecular formula is C16H19NO. The topological polar surface area (TPSA) is 32.6 Å². The maximum Gasteiger partial charge on any atom is 0.117 e. The second kappa shape index (κ2) is 6.60. The number of hydrogen-bond donors (Lipinski definition) is 1. The van der Waals surface area contributed by atoms with Gasteiger partial charge in [0.1, 0.15) is 5.76 Å². The summed E-state index contributed by atoms with van der Waals surface area (Å²) in [6.45, 7) is 9.50. The average Bonchev–Trinajstić information content (AvgIpc) is 2.27. The van der Waals surface area contributed by atoms with E-state index in [9.17, 15) is 5.11 Å². The Bertz CT molecular complexity index is 502. The van der Waals surface area contributed by atoms with Crippen LogP contribution in [0.1, 0.15) is 18.1 Å². The minimum atomic E-state index is 0.0150. The Kier molecular flexibility index (Phi) is 5.12. The minimum absolute atomic E-state index is 0.0150. The molecule has 0 aliphatic carbocycles. The van der Waals surface area contributed by atoms with Crippen molar-refractivity contribution in [2.75, 3.05) is 0 Å². The van der Waals surface area contributed by atoms with Gasteiger partial charge in [-0.15, -0.1) is 0 Å². The fraction of sp³-hybridized carbons (Fsp3) is 0.188. The Morgan fingerprint density at radius 2 is 1.83 bits per heavy atom. The van der Waals surface area contributed by atoms with Crippen LogP contribution in [0.5, 0.6) is 0 Å². The summed E-state index contributed by atoms with van der Waals surface area (Å²) in [7, 11) is 0. The number of nitrogens with zero attached hydrogens (tertiary/aromatic N) is 1. The zero-order valence-corrected chi connectivity index (χ0v) is 11.1. The molecule has 0 amide bonds. The van der Waals surface area contributed by atoms with Gasteiger partial charge in [-0.2, -0.15) is 0 Å². The second-order valence-corrected chi connectivity index (χ2v) is 4.20. The van der Waals surface area contributed by atoms with E-state index >= 15 is 0 Å². The van der Waals surface area contributed by atoms with Crippen LogP contribution < -0.4 is 0 Å². The van der Waals surface area contributed by atoms with Crippen molar-refractivity contribution in [3.8, 4) is 0 Å². The largest absolute Gasteiger partial charge is 0.508 e. The number of aliphatic hydroxyl groups excluding tert-OH is 1. The van der Waals surface area contributed by atoms with Crippen molar-refractivity contribution < 1.29 is 5.11 Å². The number of hydrogen-bond acceptors (Lipinski definition) is 2. The lowest BCUT2D eigenvalue weighted by Crippen LogP contribution is -1.88. The van der Waals surface area contributed by atoms with Gasteiger partial charge in [0, 0.05) is 11.8 Å². The molecule has 0 aromatic heterocycles. The molecule has 1 aromatic carbocycles. The molecule has 0 spiro atoms. The summed E-state index contributed by atoms with van der Waals surface area (Å²) in [6, 6.07) is 6.09. The number of aryl methyl sites for hydroxylation is 2. The van der Waals surface area contributed by atoms with Gasteiger partial charge in [-0.05, 0) is 44.0 Å². The van der Waals surface area contributed by atoms with Crippen molar-refractivity contribution in [3.63, 3.8) is 0 Å². The molecule has 0 saturated carbocycles. The number of benzene rings is 1. The van der Waals surface area contributed by atoms with Gasteiger partial charge in [0.05, 0.1) is 5.69 Å². The van der Waals surface area contributed by atoms with E-state index in [0.717, 1.165) is 5.69 Å². The molecule has 0 radical (unpaired) electrons. The van der Waals surface area contributed by atoms with Gasteiger partial charge in [0.15, 0.2) is 0 Å². The molecule has 0 bridgehead atoms. The van der Waals surface area contributed by atoms with Crippen molar-refractivity contribution in [2.24, 2.45) is 4.99 Å². The van der Waals surface area contributed by atoms with Crippen LogP contribution in [0.15, 0.2) is 59.3 Å². The van der Waals surface area contributed by atoms with E-state index in [-0.39, 0.29) is 5.76 Å². The predicted molar refractivity (Wildman–Crippen MR) is 78.7 cm³/mol. The summed E-state index contributed by atoms with van der Waals surface area (Å²) >= 11 is 0. The van der Waals surface area contributed by atoms with Crippen LogP contribution in [0, 0.1) is 13.8 Å². The zero-order valence-electron chi connectivity index (χ0n) is 11.1. The first-order chi connectivity index (χ1) is 8.52. The van der Waals surface area contributed by atoms with Crippen molar-refractivity contribution in [1.29, 1.82) is 0 Å². The maximum atomic E-state index is 9.44. The van der Waals surface area contributed by atoms with Gasteiger partial charge >= 0.3 is 0 Å². The highest BCUT2D eigenvalue weighted by Crippen LogP contribution is 2.17. The Morgan fingerprint density at radius 3 is 2.33 bits per heavy atom. The average molecular weight is 241 g/mol. The smallest absolute Gasteiger partial charge is 0.117 e. The fourth-order valence-corrected chi connectivity index (χ4v) is 1.58. The van der Waals surface area contributed by atoms with Crippen LogP contribution in [0.2, 0.25) is 0 Å². The lowest BCUT2D eigenvalue weighted by Gasteiger charge is -2.01. The van der Waals surface area contributed by atoms with Crippen molar-refractivity contribution >= 4 is 11.9 Å². The van der Waals surface area contributed by atoms with E-state index in [2.05, 4.69) is 17.6 Å². The molecule has 2 heteroatoms. The Hall–Kier alpha value is -2.09. The van der Waals surface area contributed by atoms with E-state index in [1.807, 2.05) is 45.1 Å². The van der Waals surface area contributed by atoms with Crippen LogP contribution in [0.4, 0.5) is 5.69 Å². The zero-order chi connectivity index (χ0) is 13.5. The predicted octanol–water partition coefficient (Wildman–Crippen LogP) is 4.58. The number of aliphatic hydroxyl groups is 1. The van der Waals surface area contributed by atoms with Crippen LogP contribution in [0.3, 0.4) is 0 Å². The molecule has 0 aliphatic rings. The molecule has 94 valence electrons. The third-order valence-electron chi connectivity index (χ3n) is 2.36. The Balaban J connectivity index is 2.99. The van der Waals surface area contributed by atoms with E-state index < -0.39 is 0 Å². The molecule has 18 heavy (non-hydrogen) atoms. The maximum absolute atomic E-state index is 9.44. The minimum Gasteiger partial charge on any atom is -0.508 e. The third kappa shape index (κ3) is 4.42. The molecule has 0 unspecified atom stereocenters. The third-order valence-corrected chi connectivity index (χ3v) is 2.36. The molecule has 0 aliphatic heterocycles. The molecule has 2 nitrogen and oxygen atoms in total. The number of rotatable bonds is 4. The Morgan fingerprint density at radius 1 is 1.22 bits per heavy atom. The lowest BCUT2D eigenvalue weighted by molar-refractivity contribution is 0.431. The SMILES string of the molecule is C=C(O)/C(C=Nc1cc(C)cc(C)c1)=C\C=C\C. The Labute approximate surface area is 109 Å². The summed E-state index contributed by atoms with van der Waals surface area (Å²) in [5, 5.41) is 9.44. The van der Waals surface area contributed by atoms with Crippen LogP contribution in [-0.2, 0) is 0 Å². The quantitative estimate of drug-likeness (QED) is 0.467. The monoisotopic (exact) mass is 241 g/mol. The van der Waals surface area contributed by atoms with Crippen LogP contribution in [0.25, 0.3) is 0 Å². The number of allylic oxidation sites excluding steroid dienone is 4. The highest BCUT2D eigenvalue weighted by atomic mass is 16.3. The molecular weight excluding hydrogens is 222 g/mol. The molecule has 0 atom stereocenters. The lowest BCUT2D eigenvalue weighted by atomic mass is 10.1. The first kappa shape index (κ1) is 14.0. The van der Waals surface area contributed by atoms with Crippen LogP contribution >= 0.6 is 0 Å². The summed E-state index contributed by atoms with van der Waals surface area (Å²) < 4.78 is 0. The molecule has 0 saturated heterocycles. The normalized spacial score (nSPS) is 12.5. The first-order valence-corrected chi connectivity index (χ1v) is 5.86. The van der Waals surface area contributed by atoms with Gasteiger partial charge in [0.25, 0.3) is 0 Å². The molecule has 1 N–H and O–H groups in total. The molecule has 0 fully saturated rings. The van der Waals surface area contributed by atoms with E-state index in [4.69, 9.17) is 0 Å². The summed E-state index contributed by atoms with van der Waals surface area (Å²) in [4.78, 5) is 4.35. The summed E-state index contributed by atoms with van der Waals surface area (Å²) in [6.07, 6.45) is 7.11. The van der Waals surface area contributed by atoms with Gasteiger partial charge in [-0.1, -0.05) is 30.9 Å². The van der Waals surface area contributed by atoms with Gasteiger partial charge < -0.3 is 5.11 Å². The fourth-order valence-electron chi connectivity index (χ4n) is 1.58. The van der Waals surface area contributed by atoms with E-state index in [1.54, 1.807) is 12.3 Å².